The Hall–Kier alpha value is -2.51. The van der Waals surface area contributed by atoms with Crippen LogP contribution in [0.4, 0.5) is 5.69 Å². The van der Waals surface area contributed by atoms with Crippen molar-refractivity contribution in [1.29, 1.82) is 0 Å². The molecular weight excluding hydrogens is 391 g/mol. The van der Waals surface area contributed by atoms with Crippen LogP contribution in [0.25, 0.3) is 11.1 Å². The van der Waals surface area contributed by atoms with E-state index in [4.69, 9.17) is 4.74 Å². The van der Waals surface area contributed by atoms with Crippen molar-refractivity contribution in [2.24, 2.45) is 0 Å². The summed E-state index contributed by atoms with van der Waals surface area (Å²) in [4.78, 5) is 28.6. The predicted molar refractivity (Wildman–Crippen MR) is 110 cm³/mol. The number of hydrogen-bond donors (Lipinski definition) is 2. The second-order valence-electron chi connectivity index (χ2n) is 6.89. The van der Waals surface area contributed by atoms with E-state index in [1.807, 2.05) is 30.3 Å². The smallest absolute Gasteiger partial charge is 1.00 e. The van der Waals surface area contributed by atoms with Crippen LogP contribution >= 0.6 is 0 Å². The molecule has 1 aliphatic rings. The molecule has 1 amide bonds. The van der Waals surface area contributed by atoms with Gasteiger partial charge in [-0.2, -0.15) is 0 Å². The summed E-state index contributed by atoms with van der Waals surface area (Å²) in [5.74, 6) is -1.52. The molecule has 6 nitrogen and oxygen atoms in total. The van der Waals surface area contributed by atoms with Gasteiger partial charge in [-0.05, 0) is 42.2 Å². The molecule has 4 rings (SSSR count). The molecule has 1 unspecified atom stereocenters. The molecule has 3 aromatic rings. The first-order valence-corrected chi connectivity index (χ1v) is 9.42. The van der Waals surface area contributed by atoms with Crippen molar-refractivity contribution < 1.29 is 50.4 Å². The number of hydrogen-bond acceptors (Lipinski definition) is 4. The van der Waals surface area contributed by atoms with Gasteiger partial charge in [-0.15, -0.1) is 0 Å². The predicted octanol–water partition coefficient (Wildman–Crippen LogP) is 1.67. The first kappa shape index (κ1) is 22.2. The SMILES string of the molecule is O=C(Nc1cc(C2CCCO2)ccc1C(=O)O)c1cncc(-c2ccccc2)c1.[H-].[Na+]. The van der Waals surface area contributed by atoms with Crippen LogP contribution < -0.4 is 34.9 Å². The van der Waals surface area contributed by atoms with Crippen LogP contribution in [0.5, 0.6) is 0 Å². The van der Waals surface area contributed by atoms with Crippen molar-refractivity contribution in [3.63, 3.8) is 0 Å². The topological polar surface area (TPSA) is 88.5 Å². The van der Waals surface area contributed by atoms with Crippen LogP contribution in [0.2, 0.25) is 0 Å². The van der Waals surface area contributed by atoms with Crippen molar-refractivity contribution in [3.8, 4) is 11.1 Å². The van der Waals surface area contributed by atoms with Gasteiger partial charge in [-0.3, -0.25) is 9.78 Å². The van der Waals surface area contributed by atoms with Crippen LogP contribution in [-0.2, 0) is 4.74 Å². The van der Waals surface area contributed by atoms with Gasteiger partial charge in [0.05, 0.1) is 22.9 Å². The van der Waals surface area contributed by atoms with E-state index in [-0.39, 0.29) is 48.3 Å². The Morgan fingerprint density at radius 1 is 1.07 bits per heavy atom. The third kappa shape index (κ3) is 4.96. The molecule has 7 heteroatoms. The van der Waals surface area contributed by atoms with Gasteiger partial charge in [0.2, 0.25) is 0 Å². The molecule has 2 heterocycles. The fourth-order valence-corrected chi connectivity index (χ4v) is 3.44. The third-order valence-electron chi connectivity index (χ3n) is 4.93. The fraction of sp³-hybridized carbons (Fsp3) is 0.174. The van der Waals surface area contributed by atoms with Gasteiger partial charge in [0.15, 0.2) is 0 Å². The molecule has 2 N–H and O–H groups in total. The Bertz CT molecular complexity index is 1060. The number of carbonyl (C=O) groups is 2. The standard InChI is InChI=1S/C23H20N2O4.Na.H/c26-22(18-11-17(13-24-14-18)15-5-2-1-3-6-15)25-20-12-16(21-7-4-10-29-21)8-9-19(20)23(27)28;;/h1-3,5-6,8-9,11-14,21H,4,7,10H2,(H,25,26)(H,27,28);;/q;+1;-1. The molecule has 0 saturated carbocycles. The van der Waals surface area contributed by atoms with E-state index in [1.54, 1.807) is 24.4 Å². The largest absolute Gasteiger partial charge is 1.00 e. The number of benzene rings is 2. The number of rotatable bonds is 5. The average Bonchev–Trinajstić information content (AvgIpc) is 3.29. The molecular formula is C23H21N2NaO4. The molecule has 1 saturated heterocycles. The molecule has 0 radical (unpaired) electrons. The Balaban J connectivity index is 0.00000171. The van der Waals surface area contributed by atoms with E-state index < -0.39 is 11.9 Å². The fourth-order valence-electron chi connectivity index (χ4n) is 3.44. The van der Waals surface area contributed by atoms with Crippen molar-refractivity contribution in [3.05, 3.63) is 83.7 Å². The van der Waals surface area contributed by atoms with Gasteiger partial charge in [-0.25, -0.2) is 4.79 Å². The minimum Gasteiger partial charge on any atom is -1.00 e. The summed E-state index contributed by atoms with van der Waals surface area (Å²) in [7, 11) is 0. The van der Waals surface area contributed by atoms with Crippen molar-refractivity contribution >= 4 is 17.6 Å². The number of ether oxygens (including phenoxy) is 1. The number of amides is 1. The number of nitrogens with one attached hydrogen (secondary N) is 1. The van der Waals surface area contributed by atoms with Crippen LogP contribution in [0.15, 0.2) is 67.0 Å². The molecule has 0 aliphatic carbocycles. The maximum atomic E-state index is 12.8. The number of aromatic nitrogens is 1. The zero-order valence-electron chi connectivity index (χ0n) is 17.7. The van der Waals surface area contributed by atoms with Gasteiger partial charge in [0.1, 0.15) is 0 Å². The number of carbonyl (C=O) groups excluding carboxylic acids is 1. The number of carboxylic acid groups (broad SMARTS) is 1. The van der Waals surface area contributed by atoms with Gasteiger partial charge in [0.25, 0.3) is 5.91 Å². The van der Waals surface area contributed by atoms with E-state index in [1.165, 1.54) is 12.3 Å². The van der Waals surface area contributed by atoms with E-state index in [9.17, 15) is 14.7 Å². The Morgan fingerprint density at radius 2 is 1.87 bits per heavy atom. The summed E-state index contributed by atoms with van der Waals surface area (Å²) < 4.78 is 5.68. The van der Waals surface area contributed by atoms with Crippen molar-refractivity contribution in [2.75, 3.05) is 11.9 Å². The van der Waals surface area contributed by atoms with E-state index >= 15 is 0 Å². The van der Waals surface area contributed by atoms with Crippen molar-refractivity contribution in [2.45, 2.75) is 18.9 Å². The van der Waals surface area contributed by atoms with Gasteiger partial charge >= 0.3 is 35.5 Å². The summed E-state index contributed by atoms with van der Waals surface area (Å²) in [6.45, 7) is 0.686. The maximum absolute atomic E-state index is 12.8. The minimum atomic E-state index is -1.10. The van der Waals surface area contributed by atoms with Crippen LogP contribution in [0.3, 0.4) is 0 Å². The summed E-state index contributed by atoms with van der Waals surface area (Å²) in [5.41, 5.74) is 3.25. The zero-order chi connectivity index (χ0) is 20.2. The minimum absolute atomic E-state index is 0. The molecule has 1 atom stereocenters. The number of carboxylic acids is 1. The van der Waals surface area contributed by atoms with E-state index in [0.717, 1.165) is 29.5 Å². The number of aromatic carboxylic acids is 1. The Kier molecular flexibility index (Phi) is 7.39. The van der Waals surface area contributed by atoms with Crippen molar-refractivity contribution in [1.82, 2.24) is 4.98 Å². The van der Waals surface area contributed by atoms with Crippen LogP contribution in [-0.4, -0.2) is 28.6 Å². The molecule has 30 heavy (non-hydrogen) atoms. The molecule has 1 aliphatic heterocycles. The third-order valence-corrected chi connectivity index (χ3v) is 4.93. The number of anilines is 1. The number of pyridine rings is 1. The Morgan fingerprint density at radius 3 is 2.57 bits per heavy atom. The summed E-state index contributed by atoms with van der Waals surface area (Å²) >= 11 is 0. The molecule has 0 bridgehead atoms. The first-order chi connectivity index (χ1) is 14.1. The normalized spacial score (nSPS) is 15.3. The molecule has 0 spiro atoms. The van der Waals surface area contributed by atoms with Gasteiger partial charge in [0, 0.05) is 24.6 Å². The van der Waals surface area contributed by atoms with Crippen LogP contribution in [0, 0.1) is 0 Å². The molecule has 1 fully saturated rings. The zero-order valence-corrected chi connectivity index (χ0v) is 18.7. The quantitative estimate of drug-likeness (QED) is 0.623. The summed E-state index contributed by atoms with van der Waals surface area (Å²) in [5, 5.41) is 12.2. The van der Waals surface area contributed by atoms with Gasteiger partial charge in [-0.1, -0.05) is 36.4 Å². The first-order valence-electron chi connectivity index (χ1n) is 9.42. The number of nitrogens with zero attached hydrogens (tertiary/aromatic N) is 1. The second kappa shape index (κ2) is 10.00. The maximum Gasteiger partial charge on any atom is 1.00 e. The monoisotopic (exact) mass is 412 g/mol. The van der Waals surface area contributed by atoms with E-state index in [2.05, 4.69) is 10.3 Å². The molecule has 1 aromatic heterocycles. The second-order valence-corrected chi connectivity index (χ2v) is 6.89. The van der Waals surface area contributed by atoms with E-state index in [0.29, 0.717) is 12.2 Å². The molecule has 2 aromatic carbocycles. The Labute approximate surface area is 198 Å². The molecule has 148 valence electrons. The van der Waals surface area contributed by atoms with Gasteiger partial charge < -0.3 is 16.6 Å². The summed E-state index contributed by atoms with van der Waals surface area (Å²) in [6, 6.07) is 16.3. The van der Waals surface area contributed by atoms with Crippen LogP contribution in [0.1, 0.15) is 46.7 Å². The summed E-state index contributed by atoms with van der Waals surface area (Å²) in [6.07, 6.45) is 4.92. The average molecular weight is 412 g/mol.